The van der Waals surface area contributed by atoms with Crippen molar-refractivity contribution in [1.82, 2.24) is 4.90 Å². The molecular weight excluding hydrogens is 192 g/mol. The molecule has 2 nitrogen and oxygen atoms in total. The summed E-state index contributed by atoms with van der Waals surface area (Å²) in [7, 11) is 0. The fraction of sp³-hybridized carbons (Fsp3) is 0.857. The van der Waals surface area contributed by atoms with Crippen LogP contribution in [0.1, 0.15) is 19.3 Å². The van der Waals surface area contributed by atoms with Gasteiger partial charge in [-0.05, 0) is 12.8 Å². The van der Waals surface area contributed by atoms with Gasteiger partial charge in [-0.25, -0.2) is 0 Å². The van der Waals surface area contributed by atoms with Crippen molar-refractivity contribution in [3.63, 3.8) is 0 Å². The van der Waals surface area contributed by atoms with E-state index < -0.39 is 0 Å². The number of amidine groups is 1. The van der Waals surface area contributed by atoms with Crippen molar-refractivity contribution in [1.29, 1.82) is 0 Å². The molecule has 1 fully saturated rings. The molecule has 0 saturated carbocycles. The Morgan fingerprint density at radius 3 is 2.80 bits per heavy atom. The van der Waals surface area contributed by atoms with E-state index in [0.717, 1.165) is 6.54 Å². The maximum absolute atomic E-state index is 4.43. The van der Waals surface area contributed by atoms with Gasteiger partial charge >= 0.3 is 0 Å². The van der Waals surface area contributed by atoms with Crippen LogP contribution in [0.4, 0.5) is 0 Å². The highest BCUT2D eigenvalue weighted by atomic mass is 79.9. The maximum Gasteiger partial charge on any atom is 0.0989 e. The largest absolute Gasteiger partial charge is 0.360 e. The standard InChI is InChI=1S/C7H12N2.BrH/c1-3-7-8-4-2-6-9(7)5-1;/h1-6H2;1H. The molecule has 0 aromatic heterocycles. The van der Waals surface area contributed by atoms with Gasteiger partial charge in [-0.3, -0.25) is 4.99 Å². The molecule has 0 aromatic rings. The van der Waals surface area contributed by atoms with Crippen LogP contribution in [0.15, 0.2) is 4.99 Å². The van der Waals surface area contributed by atoms with E-state index in [2.05, 4.69) is 9.89 Å². The number of rotatable bonds is 0. The Bertz CT molecular complexity index is 145. The summed E-state index contributed by atoms with van der Waals surface area (Å²) in [5.74, 6) is 1.38. The average Bonchev–Trinajstić information content (AvgIpc) is 2.33. The van der Waals surface area contributed by atoms with Crippen molar-refractivity contribution in [3.05, 3.63) is 0 Å². The number of hydrogen-bond donors (Lipinski definition) is 0. The molecule has 58 valence electrons. The number of hydrogen-bond acceptors (Lipinski definition) is 2. The molecule has 0 aromatic carbocycles. The third kappa shape index (κ3) is 1.34. The number of nitrogens with zero attached hydrogens (tertiary/aromatic N) is 2. The summed E-state index contributed by atoms with van der Waals surface area (Å²) in [6.45, 7) is 3.60. The fourth-order valence-electron chi connectivity index (χ4n) is 1.60. The topological polar surface area (TPSA) is 15.6 Å². The van der Waals surface area contributed by atoms with Crippen molar-refractivity contribution in [2.24, 2.45) is 4.99 Å². The highest BCUT2D eigenvalue weighted by molar-refractivity contribution is 8.93. The minimum atomic E-state index is 0. The summed E-state index contributed by atoms with van der Waals surface area (Å²) in [5, 5.41) is 0. The summed E-state index contributed by atoms with van der Waals surface area (Å²) in [6.07, 6.45) is 3.84. The monoisotopic (exact) mass is 204 g/mol. The average molecular weight is 205 g/mol. The van der Waals surface area contributed by atoms with Gasteiger partial charge in [0.25, 0.3) is 0 Å². The van der Waals surface area contributed by atoms with E-state index in [1.807, 2.05) is 0 Å². The Morgan fingerprint density at radius 2 is 2.00 bits per heavy atom. The molecule has 0 atom stereocenters. The second-order valence-corrected chi connectivity index (χ2v) is 2.74. The van der Waals surface area contributed by atoms with E-state index in [0.29, 0.717) is 0 Å². The normalized spacial score (nSPS) is 23.2. The highest BCUT2D eigenvalue weighted by Gasteiger charge is 2.19. The quantitative estimate of drug-likeness (QED) is 0.584. The first-order valence-corrected chi connectivity index (χ1v) is 3.75. The lowest BCUT2D eigenvalue weighted by Crippen LogP contribution is -2.29. The molecule has 2 aliphatic rings. The summed E-state index contributed by atoms with van der Waals surface area (Å²) in [6, 6.07) is 0. The highest BCUT2D eigenvalue weighted by Crippen LogP contribution is 2.14. The zero-order valence-corrected chi connectivity index (χ0v) is 7.76. The van der Waals surface area contributed by atoms with E-state index in [-0.39, 0.29) is 17.0 Å². The molecular formula is C7H13BrN2. The second-order valence-electron chi connectivity index (χ2n) is 2.74. The van der Waals surface area contributed by atoms with Crippen molar-refractivity contribution in [2.75, 3.05) is 19.6 Å². The van der Waals surface area contributed by atoms with Crippen molar-refractivity contribution < 1.29 is 0 Å². The van der Waals surface area contributed by atoms with Gasteiger partial charge in [0.2, 0.25) is 0 Å². The zero-order valence-electron chi connectivity index (χ0n) is 6.05. The van der Waals surface area contributed by atoms with E-state index >= 15 is 0 Å². The van der Waals surface area contributed by atoms with Gasteiger partial charge in [-0.15, -0.1) is 17.0 Å². The predicted octanol–water partition coefficient (Wildman–Crippen LogP) is 1.46. The zero-order chi connectivity index (χ0) is 6.10. The number of aliphatic imine (C=N–C) groups is 1. The number of halogens is 1. The molecule has 0 spiro atoms. The molecule has 3 heteroatoms. The fourth-order valence-corrected chi connectivity index (χ4v) is 1.60. The van der Waals surface area contributed by atoms with Crippen molar-refractivity contribution >= 4 is 22.8 Å². The molecule has 0 unspecified atom stereocenters. The molecule has 10 heavy (non-hydrogen) atoms. The molecule has 0 aliphatic carbocycles. The van der Waals surface area contributed by atoms with Gasteiger partial charge in [0.05, 0.1) is 5.84 Å². The van der Waals surface area contributed by atoms with Gasteiger partial charge in [0.15, 0.2) is 0 Å². The lowest BCUT2D eigenvalue weighted by molar-refractivity contribution is 0.427. The van der Waals surface area contributed by atoms with Crippen LogP contribution in [-0.4, -0.2) is 30.4 Å². The number of fused-ring (bicyclic) bond motifs is 1. The first kappa shape index (κ1) is 8.05. The molecule has 0 radical (unpaired) electrons. The third-order valence-electron chi connectivity index (χ3n) is 2.07. The summed E-state index contributed by atoms with van der Waals surface area (Å²) in [5.41, 5.74) is 0. The summed E-state index contributed by atoms with van der Waals surface area (Å²) in [4.78, 5) is 6.85. The maximum atomic E-state index is 4.43. The van der Waals surface area contributed by atoms with Crippen LogP contribution in [0.3, 0.4) is 0 Å². The lowest BCUT2D eigenvalue weighted by atomic mass is 10.3. The third-order valence-corrected chi connectivity index (χ3v) is 2.07. The van der Waals surface area contributed by atoms with Gasteiger partial charge in [0.1, 0.15) is 0 Å². The van der Waals surface area contributed by atoms with Crippen LogP contribution >= 0.6 is 17.0 Å². The van der Waals surface area contributed by atoms with Crippen LogP contribution in [0.5, 0.6) is 0 Å². The summed E-state index contributed by atoms with van der Waals surface area (Å²) < 4.78 is 0. The Hall–Kier alpha value is -0.0500. The minimum Gasteiger partial charge on any atom is -0.360 e. The molecule has 0 N–H and O–H groups in total. The van der Waals surface area contributed by atoms with Crippen LogP contribution in [0.2, 0.25) is 0 Å². The molecule has 2 heterocycles. The Morgan fingerprint density at radius 1 is 1.20 bits per heavy atom. The molecule has 0 amide bonds. The second kappa shape index (κ2) is 3.37. The van der Waals surface area contributed by atoms with Crippen LogP contribution < -0.4 is 0 Å². The van der Waals surface area contributed by atoms with Gasteiger partial charge in [0, 0.05) is 26.1 Å². The molecule has 2 rings (SSSR count). The minimum absolute atomic E-state index is 0. The van der Waals surface area contributed by atoms with E-state index in [1.54, 1.807) is 0 Å². The lowest BCUT2D eigenvalue weighted by Gasteiger charge is -2.21. The predicted molar refractivity (Wildman–Crippen MR) is 48.0 cm³/mol. The first-order valence-electron chi connectivity index (χ1n) is 3.75. The van der Waals surface area contributed by atoms with Crippen molar-refractivity contribution in [3.8, 4) is 0 Å². The van der Waals surface area contributed by atoms with Crippen LogP contribution in [-0.2, 0) is 0 Å². The Balaban J connectivity index is 0.000000500. The molecule has 2 aliphatic heterocycles. The first-order chi connectivity index (χ1) is 4.47. The smallest absolute Gasteiger partial charge is 0.0989 e. The molecule has 0 bridgehead atoms. The Kier molecular flexibility index (Phi) is 2.72. The van der Waals surface area contributed by atoms with Gasteiger partial charge < -0.3 is 4.90 Å². The van der Waals surface area contributed by atoms with Crippen molar-refractivity contribution in [2.45, 2.75) is 19.3 Å². The summed E-state index contributed by atoms with van der Waals surface area (Å²) >= 11 is 0. The van der Waals surface area contributed by atoms with Crippen LogP contribution in [0, 0.1) is 0 Å². The van der Waals surface area contributed by atoms with E-state index in [9.17, 15) is 0 Å². The molecule has 1 saturated heterocycles. The van der Waals surface area contributed by atoms with Gasteiger partial charge in [-0.1, -0.05) is 0 Å². The SMILES string of the molecule is Br.C1CN=C2CCCN2C1. The van der Waals surface area contributed by atoms with Crippen LogP contribution in [0.25, 0.3) is 0 Å². The Labute approximate surface area is 72.1 Å². The van der Waals surface area contributed by atoms with Gasteiger partial charge in [-0.2, -0.15) is 0 Å². The van der Waals surface area contributed by atoms with E-state index in [1.165, 1.54) is 38.2 Å². The van der Waals surface area contributed by atoms with E-state index in [4.69, 9.17) is 0 Å².